The molecule has 0 aromatic carbocycles. The summed E-state index contributed by atoms with van der Waals surface area (Å²) in [6, 6.07) is 0. The molecule has 0 aliphatic rings. The molecule has 0 unspecified atom stereocenters. The number of aromatic nitrogens is 2. The first-order valence-electron chi connectivity index (χ1n) is 5.24. The van der Waals surface area contributed by atoms with Gasteiger partial charge in [0.15, 0.2) is 16.1 Å². The summed E-state index contributed by atoms with van der Waals surface area (Å²) in [6.45, 7) is 3.62. The molecule has 0 bridgehead atoms. The SMILES string of the molecule is CCCCOCCOc1c(Cl)nnc(Cl)c1Cl. The summed E-state index contributed by atoms with van der Waals surface area (Å²) in [4.78, 5) is 0. The molecule has 1 aromatic rings. The van der Waals surface area contributed by atoms with E-state index in [1.54, 1.807) is 0 Å². The largest absolute Gasteiger partial charge is 0.486 e. The monoisotopic (exact) mass is 298 g/mol. The Balaban J connectivity index is 2.39. The lowest BCUT2D eigenvalue weighted by atomic mass is 10.4. The highest BCUT2D eigenvalue weighted by Gasteiger charge is 2.13. The normalized spacial score (nSPS) is 10.6. The van der Waals surface area contributed by atoms with Gasteiger partial charge in [-0.3, -0.25) is 0 Å². The highest BCUT2D eigenvalue weighted by atomic mass is 35.5. The van der Waals surface area contributed by atoms with E-state index in [0.717, 1.165) is 19.4 Å². The quantitative estimate of drug-likeness (QED) is 0.721. The predicted octanol–water partition coefficient (Wildman–Crippen LogP) is 3.63. The van der Waals surface area contributed by atoms with E-state index in [2.05, 4.69) is 17.1 Å². The fourth-order valence-corrected chi connectivity index (χ4v) is 1.58. The first-order chi connectivity index (χ1) is 8.16. The lowest BCUT2D eigenvalue weighted by Gasteiger charge is -2.09. The summed E-state index contributed by atoms with van der Waals surface area (Å²) in [6.07, 6.45) is 2.13. The van der Waals surface area contributed by atoms with Crippen LogP contribution in [0.15, 0.2) is 0 Å². The lowest BCUT2D eigenvalue weighted by Crippen LogP contribution is -2.08. The van der Waals surface area contributed by atoms with Crippen LogP contribution in [0.1, 0.15) is 19.8 Å². The second kappa shape index (κ2) is 7.93. The first kappa shape index (κ1) is 14.8. The Kier molecular flexibility index (Phi) is 6.89. The second-order valence-corrected chi connectivity index (χ2v) is 4.33. The van der Waals surface area contributed by atoms with Gasteiger partial charge in [0, 0.05) is 6.61 Å². The van der Waals surface area contributed by atoms with Crippen LogP contribution < -0.4 is 4.74 Å². The van der Waals surface area contributed by atoms with Gasteiger partial charge in [0.1, 0.15) is 11.6 Å². The molecular formula is C10H13Cl3N2O2. The number of nitrogens with zero attached hydrogens (tertiary/aromatic N) is 2. The minimum absolute atomic E-state index is 0.0676. The van der Waals surface area contributed by atoms with E-state index >= 15 is 0 Å². The van der Waals surface area contributed by atoms with Gasteiger partial charge >= 0.3 is 0 Å². The number of hydrogen-bond donors (Lipinski definition) is 0. The summed E-state index contributed by atoms with van der Waals surface area (Å²) in [5, 5.41) is 7.47. The minimum atomic E-state index is 0.0676. The van der Waals surface area contributed by atoms with Gasteiger partial charge in [-0.2, -0.15) is 0 Å². The van der Waals surface area contributed by atoms with Crippen molar-refractivity contribution in [2.75, 3.05) is 19.8 Å². The third-order valence-corrected chi connectivity index (χ3v) is 2.87. The van der Waals surface area contributed by atoms with E-state index < -0.39 is 0 Å². The zero-order valence-corrected chi connectivity index (χ0v) is 11.6. The molecule has 0 spiro atoms. The Bertz CT molecular complexity index is 364. The molecule has 1 heterocycles. The van der Waals surface area contributed by atoms with Gasteiger partial charge in [-0.1, -0.05) is 48.1 Å². The Morgan fingerprint density at radius 1 is 1.00 bits per heavy atom. The fourth-order valence-electron chi connectivity index (χ4n) is 1.04. The van der Waals surface area contributed by atoms with Crippen LogP contribution in [0.25, 0.3) is 0 Å². The molecular weight excluding hydrogens is 286 g/mol. The van der Waals surface area contributed by atoms with Gasteiger partial charge in [-0.15, -0.1) is 10.2 Å². The maximum absolute atomic E-state index is 5.88. The molecule has 0 aliphatic carbocycles. The zero-order valence-electron chi connectivity index (χ0n) is 9.38. The van der Waals surface area contributed by atoms with Gasteiger partial charge < -0.3 is 9.47 Å². The molecule has 96 valence electrons. The molecule has 0 atom stereocenters. The molecule has 1 rings (SSSR count). The van der Waals surface area contributed by atoms with Gasteiger partial charge in [0.25, 0.3) is 0 Å². The molecule has 0 aliphatic heterocycles. The smallest absolute Gasteiger partial charge is 0.195 e. The number of halogens is 3. The van der Waals surface area contributed by atoms with Crippen molar-refractivity contribution >= 4 is 34.8 Å². The van der Waals surface area contributed by atoms with Crippen LogP contribution in [0, 0.1) is 0 Å². The van der Waals surface area contributed by atoms with E-state index in [1.807, 2.05) is 0 Å². The second-order valence-electron chi connectivity index (χ2n) is 3.24. The Labute approximate surface area is 115 Å². The van der Waals surface area contributed by atoms with Crippen molar-refractivity contribution in [1.29, 1.82) is 0 Å². The van der Waals surface area contributed by atoms with Crippen molar-refractivity contribution in [1.82, 2.24) is 10.2 Å². The molecule has 0 saturated heterocycles. The maximum Gasteiger partial charge on any atom is 0.195 e. The molecule has 0 saturated carbocycles. The van der Waals surface area contributed by atoms with Gasteiger partial charge in [-0.25, -0.2) is 0 Å². The molecule has 7 heteroatoms. The van der Waals surface area contributed by atoms with Crippen LogP contribution in [-0.4, -0.2) is 30.0 Å². The number of rotatable bonds is 7. The van der Waals surface area contributed by atoms with Gasteiger partial charge in [0.2, 0.25) is 0 Å². The fraction of sp³-hybridized carbons (Fsp3) is 0.600. The van der Waals surface area contributed by atoms with Crippen LogP contribution in [0.4, 0.5) is 0 Å². The van der Waals surface area contributed by atoms with E-state index in [4.69, 9.17) is 44.3 Å². The Morgan fingerprint density at radius 3 is 2.41 bits per heavy atom. The summed E-state index contributed by atoms with van der Waals surface area (Å²) in [5.74, 6) is 0.243. The van der Waals surface area contributed by atoms with Crippen molar-refractivity contribution in [2.24, 2.45) is 0 Å². The number of unbranched alkanes of at least 4 members (excludes halogenated alkanes) is 1. The van der Waals surface area contributed by atoms with E-state index in [9.17, 15) is 0 Å². The standard InChI is InChI=1S/C10H13Cl3N2O2/c1-2-3-4-16-5-6-17-8-7(11)9(12)14-15-10(8)13/h2-6H2,1H3. The highest BCUT2D eigenvalue weighted by molar-refractivity contribution is 6.43. The zero-order chi connectivity index (χ0) is 12.7. The average Bonchev–Trinajstić information content (AvgIpc) is 2.32. The molecule has 0 radical (unpaired) electrons. The van der Waals surface area contributed by atoms with Crippen LogP contribution in [0.2, 0.25) is 15.3 Å². The van der Waals surface area contributed by atoms with Gasteiger partial charge in [0.05, 0.1) is 6.61 Å². The molecule has 4 nitrogen and oxygen atoms in total. The van der Waals surface area contributed by atoms with E-state index in [-0.39, 0.29) is 21.1 Å². The highest BCUT2D eigenvalue weighted by Crippen LogP contribution is 2.34. The van der Waals surface area contributed by atoms with Crippen molar-refractivity contribution in [3.8, 4) is 5.75 Å². The molecule has 17 heavy (non-hydrogen) atoms. The lowest BCUT2D eigenvalue weighted by molar-refractivity contribution is 0.0979. The van der Waals surface area contributed by atoms with Crippen LogP contribution in [0.5, 0.6) is 5.75 Å². The van der Waals surface area contributed by atoms with Crippen LogP contribution in [-0.2, 0) is 4.74 Å². The Hall–Kier alpha value is -0.290. The van der Waals surface area contributed by atoms with Crippen molar-refractivity contribution < 1.29 is 9.47 Å². The molecule has 0 amide bonds. The number of hydrogen-bond acceptors (Lipinski definition) is 4. The average molecular weight is 300 g/mol. The van der Waals surface area contributed by atoms with Crippen LogP contribution in [0.3, 0.4) is 0 Å². The minimum Gasteiger partial charge on any atom is -0.486 e. The van der Waals surface area contributed by atoms with Crippen LogP contribution >= 0.6 is 34.8 Å². The summed E-state index contributed by atoms with van der Waals surface area (Å²) < 4.78 is 10.7. The van der Waals surface area contributed by atoms with Crippen molar-refractivity contribution in [3.05, 3.63) is 15.3 Å². The number of ether oxygens (including phenoxy) is 2. The van der Waals surface area contributed by atoms with E-state index in [0.29, 0.717) is 13.2 Å². The first-order valence-corrected chi connectivity index (χ1v) is 6.38. The molecule has 0 N–H and O–H groups in total. The van der Waals surface area contributed by atoms with E-state index in [1.165, 1.54) is 0 Å². The summed E-state index contributed by atoms with van der Waals surface area (Å²) in [7, 11) is 0. The van der Waals surface area contributed by atoms with Gasteiger partial charge in [-0.05, 0) is 6.42 Å². The maximum atomic E-state index is 5.88. The Morgan fingerprint density at radius 2 is 1.71 bits per heavy atom. The summed E-state index contributed by atoms with van der Waals surface area (Å²) in [5.41, 5.74) is 0. The third-order valence-electron chi connectivity index (χ3n) is 1.91. The van der Waals surface area contributed by atoms with Crippen molar-refractivity contribution in [2.45, 2.75) is 19.8 Å². The summed E-state index contributed by atoms with van der Waals surface area (Å²) >= 11 is 17.3. The molecule has 0 fully saturated rings. The predicted molar refractivity (Wildman–Crippen MR) is 68.3 cm³/mol. The van der Waals surface area contributed by atoms with Crippen molar-refractivity contribution in [3.63, 3.8) is 0 Å². The molecule has 1 aromatic heterocycles. The topological polar surface area (TPSA) is 44.2 Å². The third kappa shape index (κ3) is 4.84.